The zero-order valence-electron chi connectivity index (χ0n) is 24.3. The van der Waals surface area contributed by atoms with E-state index in [1.54, 1.807) is 22.8 Å². The summed E-state index contributed by atoms with van der Waals surface area (Å²) < 4.78 is 12.7. The van der Waals surface area contributed by atoms with Crippen molar-refractivity contribution in [3.8, 4) is 28.5 Å². The van der Waals surface area contributed by atoms with E-state index in [0.29, 0.717) is 55.0 Å². The molecule has 2 aromatic heterocycles. The molecular formula is C30H31N7O8. The second kappa shape index (κ2) is 14.5. The number of ether oxygens (including phenoxy) is 2. The maximum Gasteiger partial charge on any atom is 0.453 e. The van der Waals surface area contributed by atoms with Gasteiger partial charge in [-0.3, -0.25) is 19.8 Å². The standard InChI is InChI=1S/C30H31N7O8/c1-2-43-29-31-25-12-8-11-24(28(38)39)26(25)35(29)19-20-13-15-21(16-14-20)22-9-4-5-10-23(22)27-32-34-36(33-27)30(40)44-17-6-3-7-18-45-37(41)42/h4-5,8-16,41-42H,2-3,6-7,17-19H2,1H3,(H,38,39). The van der Waals surface area contributed by atoms with Gasteiger partial charge in [-0.15, -0.1) is 10.2 Å². The number of carboxylic acid groups (broad SMARTS) is 1. The van der Waals surface area contributed by atoms with E-state index in [2.05, 4.69) is 25.2 Å². The number of carbonyl (C=O) groups excluding carboxylic acids is 1. The molecule has 0 fully saturated rings. The number of rotatable bonds is 14. The molecule has 0 amide bonds. The largest absolute Gasteiger partial charge is 0.478 e. The number of para-hydroxylation sites is 1. The first kappa shape index (κ1) is 31.2. The highest BCUT2D eigenvalue weighted by atomic mass is 17.1. The first-order valence-electron chi connectivity index (χ1n) is 14.2. The average molecular weight is 618 g/mol. The second-order valence-electron chi connectivity index (χ2n) is 9.80. The van der Waals surface area contributed by atoms with Crippen molar-refractivity contribution in [3.63, 3.8) is 0 Å². The minimum absolute atomic E-state index is 0.112. The number of carbonyl (C=O) groups is 2. The molecule has 234 valence electrons. The number of tetrazole rings is 1. The summed E-state index contributed by atoms with van der Waals surface area (Å²) in [5, 5.41) is 38.6. The monoisotopic (exact) mass is 617 g/mol. The van der Waals surface area contributed by atoms with Gasteiger partial charge in [-0.1, -0.05) is 59.4 Å². The number of nitrogens with zero attached hydrogens (tertiary/aromatic N) is 7. The fourth-order valence-electron chi connectivity index (χ4n) is 4.77. The third kappa shape index (κ3) is 7.47. The number of imidazole rings is 1. The number of aromatic nitrogens is 6. The maximum atomic E-state index is 12.4. The van der Waals surface area contributed by atoms with Gasteiger partial charge < -0.3 is 14.6 Å². The van der Waals surface area contributed by atoms with Crippen LogP contribution in [0, 0.1) is 0 Å². The fourth-order valence-corrected chi connectivity index (χ4v) is 4.77. The van der Waals surface area contributed by atoms with Crippen molar-refractivity contribution >= 4 is 23.1 Å². The van der Waals surface area contributed by atoms with E-state index in [1.807, 2.05) is 55.5 Å². The van der Waals surface area contributed by atoms with Crippen molar-refractivity contribution in [1.29, 1.82) is 0 Å². The van der Waals surface area contributed by atoms with Crippen molar-refractivity contribution in [2.75, 3.05) is 19.8 Å². The number of fused-ring (bicyclic) bond motifs is 1. The number of aromatic carboxylic acids is 1. The van der Waals surface area contributed by atoms with Gasteiger partial charge in [0.2, 0.25) is 5.82 Å². The maximum absolute atomic E-state index is 12.4. The number of benzene rings is 3. The highest BCUT2D eigenvalue weighted by Crippen LogP contribution is 2.31. The van der Waals surface area contributed by atoms with Crippen LogP contribution < -0.4 is 4.74 Å². The second-order valence-corrected chi connectivity index (χ2v) is 9.80. The molecule has 0 aliphatic heterocycles. The molecule has 5 rings (SSSR count). The molecule has 0 spiro atoms. The molecule has 0 radical (unpaired) electrons. The third-order valence-electron chi connectivity index (χ3n) is 6.81. The normalized spacial score (nSPS) is 11.3. The van der Waals surface area contributed by atoms with Crippen LogP contribution in [0.3, 0.4) is 0 Å². The van der Waals surface area contributed by atoms with Gasteiger partial charge in [0.25, 0.3) is 6.01 Å². The minimum atomic E-state index is -1.04. The van der Waals surface area contributed by atoms with Crippen LogP contribution >= 0.6 is 0 Å². The Kier molecular flexibility index (Phi) is 10.1. The fraction of sp³-hybridized carbons (Fsp3) is 0.267. The van der Waals surface area contributed by atoms with Gasteiger partial charge in [-0.25, -0.2) is 9.59 Å². The number of hydrogen-bond donors (Lipinski definition) is 3. The van der Waals surface area contributed by atoms with E-state index in [-0.39, 0.29) is 30.0 Å². The Bertz CT molecular complexity index is 1770. The van der Waals surface area contributed by atoms with Crippen LogP contribution in [0.25, 0.3) is 33.5 Å². The zero-order chi connectivity index (χ0) is 31.8. The van der Waals surface area contributed by atoms with Crippen molar-refractivity contribution in [2.24, 2.45) is 0 Å². The molecule has 0 bridgehead atoms. The number of hydrogen-bond acceptors (Lipinski definition) is 12. The Hall–Kier alpha value is -5.22. The Labute approximate surface area is 256 Å². The first-order chi connectivity index (χ1) is 21.9. The summed E-state index contributed by atoms with van der Waals surface area (Å²) in [5.41, 5.74) is 4.43. The molecule has 0 unspecified atom stereocenters. The highest BCUT2D eigenvalue weighted by Gasteiger charge is 2.20. The molecule has 15 nitrogen and oxygen atoms in total. The van der Waals surface area contributed by atoms with Gasteiger partial charge in [0.1, 0.15) is 0 Å². The molecule has 5 aromatic rings. The predicted octanol–water partition coefficient (Wildman–Crippen LogP) is 4.67. The summed E-state index contributed by atoms with van der Waals surface area (Å²) in [4.78, 5) is 34.1. The van der Waals surface area contributed by atoms with Gasteiger partial charge in [-0.05, 0) is 60.2 Å². The topological polar surface area (TPSA) is 187 Å². The summed E-state index contributed by atoms with van der Waals surface area (Å²) in [7, 11) is 0. The lowest BCUT2D eigenvalue weighted by atomic mass is 9.98. The van der Waals surface area contributed by atoms with Crippen molar-refractivity contribution in [2.45, 2.75) is 32.7 Å². The molecular weight excluding hydrogens is 586 g/mol. The minimum Gasteiger partial charge on any atom is -0.478 e. The smallest absolute Gasteiger partial charge is 0.453 e. The number of unbranched alkanes of at least 4 members (excludes halogenated alkanes) is 2. The van der Waals surface area contributed by atoms with Crippen LogP contribution in [-0.4, -0.2) is 82.6 Å². The predicted molar refractivity (Wildman–Crippen MR) is 158 cm³/mol. The van der Waals surface area contributed by atoms with Gasteiger partial charge in [0, 0.05) is 5.56 Å². The molecule has 45 heavy (non-hydrogen) atoms. The molecule has 15 heteroatoms. The lowest BCUT2D eigenvalue weighted by Gasteiger charge is -2.12. The molecule has 0 aliphatic carbocycles. The summed E-state index contributed by atoms with van der Waals surface area (Å²) in [6.45, 7) is 2.80. The molecule has 0 aliphatic rings. The molecule has 3 N–H and O–H groups in total. The first-order valence-corrected chi connectivity index (χ1v) is 14.2. The van der Waals surface area contributed by atoms with Crippen LogP contribution in [0.4, 0.5) is 4.79 Å². The van der Waals surface area contributed by atoms with E-state index in [0.717, 1.165) is 21.5 Å². The van der Waals surface area contributed by atoms with E-state index in [9.17, 15) is 14.7 Å². The molecule has 0 atom stereocenters. The molecule has 3 aromatic carbocycles. The van der Waals surface area contributed by atoms with Crippen LogP contribution in [0.1, 0.15) is 42.1 Å². The summed E-state index contributed by atoms with van der Waals surface area (Å²) >= 11 is 0. The van der Waals surface area contributed by atoms with Crippen molar-refractivity contribution in [3.05, 3.63) is 77.9 Å². The van der Waals surface area contributed by atoms with Gasteiger partial charge >= 0.3 is 12.1 Å². The molecule has 0 saturated heterocycles. The van der Waals surface area contributed by atoms with Gasteiger partial charge in [0.05, 0.1) is 48.4 Å². The van der Waals surface area contributed by atoms with E-state index < -0.39 is 12.1 Å². The highest BCUT2D eigenvalue weighted by molar-refractivity contribution is 6.01. The van der Waals surface area contributed by atoms with Crippen LogP contribution in [-0.2, 0) is 16.1 Å². The summed E-state index contributed by atoms with van der Waals surface area (Å²) in [6, 6.07) is 20.5. The Morgan fingerprint density at radius 3 is 2.40 bits per heavy atom. The van der Waals surface area contributed by atoms with Gasteiger partial charge in [0.15, 0.2) is 0 Å². The molecule has 2 heterocycles. The quantitative estimate of drug-likeness (QED) is 0.115. The van der Waals surface area contributed by atoms with Crippen LogP contribution in [0.5, 0.6) is 6.01 Å². The Balaban J connectivity index is 1.29. The van der Waals surface area contributed by atoms with Crippen LogP contribution in [0.2, 0.25) is 0 Å². The lowest BCUT2D eigenvalue weighted by Crippen LogP contribution is -2.18. The van der Waals surface area contributed by atoms with E-state index >= 15 is 0 Å². The Morgan fingerprint density at radius 1 is 0.911 bits per heavy atom. The zero-order valence-corrected chi connectivity index (χ0v) is 24.3. The van der Waals surface area contributed by atoms with Crippen molar-refractivity contribution < 1.29 is 39.4 Å². The lowest BCUT2D eigenvalue weighted by molar-refractivity contribution is -0.492. The average Bonchev–Trinajstić information content (AvgIpc) is 3.66. The van der Waals surface area contributed by atoms with E-state index in [1.165, 1.54) is 0 Å². The number of carboxylic acids is 1. The molecule has 0 saturated carbocycles. The summed E-state index contributed by atoms with van der Waals surface area (Å²) in [6.07, 6.45) is 0.948. The Morgan fingerprint density at radius 2 is 1.67 bits per heavy atom. The van der Waals surface area contributed by atoms with Crippen molar-refractivity contribution in [1.82, 2.24) is 35.1 Å². The third-order valence-corrected chi connectivity index (χ3v) is 6.81. The van der Waals surface area contributed by atoms with E-state index in [4.69, 9.17) is 19.9 Å². The van der Waals surface area contributed by atoms with Gasteiger partial charge in [-0.2, -0.15) is 4.98 Å². The SMILES string of the molecule is CCOc1nc2cccc(C(=O)O)c2n1Cc1ccc(-c2ccccc2-c2nnn(C(=O)OCCCCCON(O)O)n2)cc1. The summed E-state index contributed by atoms with van der Waals surface area (Å²) in [5.74, 6) is -0.800. The van der Waals surface area contributed by atoms with Crippen LogP contribution in [0.15, 0.2) is 66.7 Å².